The second-order valence-electron chi connectivity index (χ2n) is 7.17. The van der Waals surface area contributed by atoms with Crippen molar-refractivity contribution in [3.8, 4) is 29.3 Å². The van der Waals surface area contributed by atoms with Gasteiger partial charge in [-0.3, -0.25) is 4.79 Å². The normalized spacial score (nSPS) is 10.2. The van der Waals surface area contributed by atoms with Crippen LogP contribution in [0, 0.1) is 22.7 Å². The number of para-hydroxylation sites is 2. The Bertz CT molecular complexity index is 1370. The summed E-state index contributed by atoms with van der Waals surface area (Å²) in [4.78, 5) is 12.8. The number of halogens is 1. The third-order valence-electron chi connectivity index (χ3n) is 4.81. The Morgan fingerprint density at radius 2 is 1.64 bits per heavy atom. The van der Waals surface area contributed by atoms with Crippen LogP contribution in [0.3, 0.4) is 0 Å². The standard InChI is InChI=1S/C26H17ClN4O2/c27-22-8-7-18(14-25(22)33-21-12-19(16-28)11-20(13-21)17-29)15-26(32)30-23-5-1-2-6-24(23)31-9-3-4-10-31/h1-14H,15H2,(H,30,32). The molecule has 0 spiro atoms. The maximum absolute atomic E-state index is 12.8. The molecule has 0 atom stereocenters. The molecule has 4 rings (SSSR count). The molecule has 1 amide bonds. The van der Waals surface area contributed by atoms with Gasteiger partial charge in [0.2, 0.25) is 5.91 Å². The summed E-state index contributed by atoms with van der Waals surface area (Å²) in [7, 11) is 0. The van der Waals surface area contributed by atoms with Crippen molar-refractivity contribution >= 4 is 23.2 Å². The third-order valence-corrected chi connectivity index (χ3v) is 5.13. The summed E-state index contributed by atoms with van der Waals surface area (Å²) in [5.41, 5.74) is 2.86. The van der Waals surface area contributed by atoms with Gasteiger partial charge in [0.1, 0.15) is 11.5 Å². The van der Waals surface area contributed by atoms with E-state index < -0.39 is 0 Å². The zero-order valence-corrected chi connectivity index (χ0v) is 18.1. The topological polar surface area (TPSA) is 90.8 Å². The molecule has 1 heterocycles. The van der Waals surface area contributed by atoms with Crippen LogP contribution in [-0.2, 0) is 11.2 Å². The van der Waals surface area contributed by atoms with Crippen molar-refractivity contribution in [1.82, 2.24) is 4.57 Å². The summed E-state index contributed by atoms with van der Waals surface area (Å²) >= 11 is 6.28. The van der Waals surface area contributed by atoms with E-state index in [1.807, 2.05) is 65.5 Å². The fraction of sp³-hybridized carbons (Fsp3) is 0.0385. The average molecular weight is 453 g/mol. The first-order valence-corrected chi connectivity index (χ1v) is 10.4. The highest BCUT2D eigenvalue weighted by Crippen LogP contribution is 2.31. The van der Waals surface area contributed by atoms with Crippen molar-refractivity contribution in [1.29, 1.82) is 10.5 Å². The molecular weight excluding hydrogens is 436 g/mol. The van der Waals surface area contributed by atoms with Crippen LogP contribution in [0.15, 0.2) is 85.2 Å². The number of ether oxygens (including phenoxy) is 1. The number of amides is 1. The number of rotatable bonds is 6. The summed E-state index contributed by atoms with van der Waals surface area (Å²) in [5.74, 6) is 0.449. The predicted octanol–water partition coefficient (Wildman–Crippen LogP) is 5.85. The number of anilines is 1. The van der Waals surface area contributed by atoms with Gasteiger partial charge in [0.05, 0.1) is 46.1 Å². The molecule has 33 heavy (non-hydrogen) atoms. The van der Waals surface area contributed by atoms with Crippen LogP contribution in [0.2, 0.25) is 5.02 Å². The highest BCUT2D eigenvalue weighted by Gasteiger charge is 2.12. The molecular formula is C26H17ClN4O2. The molecule has 0 radical (unpaired) electrons. The molecule has 0 unspecified atom stereocenters. The molecule has 4 aromatic rings. The van der Waals surface area contributed by atoms with Gasteiger partial charge in [-0.2, -0.15) is 10.5 Å². The Balaban J connectivity index is 1.52. The minimum absolute atomic E-state index is 0.106. The predicted molar refractivity (Wildman–Crippen MR) is 126 cm³/mol. The molecule has 0 saturated carbocycles. The summed E-state index contributed by atoms with van der Waals surface area (Å²) in [6.07, 6.45) is 3.93. The number of hydrogen-bond acceptors (Lipinski definition) is 4. The number of nitriles is 2. The van der Waals surface area contributed by atoms with E-state index in [9.17, 15) is 4.79 Å². The fourth-order valence-corrected chi connectivity index (χ4v) is 3.49. The van der Waals surface area contributed by atoms with E-state index in [0.717, 1.165) is 5.69 Å². The lowest BCUT2D eigenvalue weighted by Gasteiger charge is -2.13. The smallest absolute Gasteiger partial charge is 0.228 e. The van der Waals surface area contributed by atoms with Crippen LogP contribution < -0.4 is 10.1 Å². The van der Waals surface area contributed by atoms with E-state index in [2.05, 4.69) is 5.32 Å². The summed E-state index contributed by atoms with van der Waals surface area (Å²) in [5, 5.41) is 21.6. The van der Waals surface area contributed by atoms with E-state index in [-0.39, 0.29) is 12.3 Å². The Morgan fingerprint density at radius 1 is 0.939 bits per heavy atom. The van der Waals surface area contributed by atoms with Crippen LogP contribution in [0.5, 0.6) is 11.5 Å². The first-order chi connectivity index (χ1) is 16.1. The Morgan fingerprint density at radius 3 is 2.33 bits per heavy atom. The summed E-state index contributed by atoms with van der Waals surface area (Å²) < 4.78 is 7.76. The van der Waals surface area contributed by atoms with E-state index in [0.29, 0.717) is 38.9 Å². The van der Waals surface area contributed by atoms with Crippen LogP contribution in [0.25, 0.3) is 5.69 Å². The molecule has 1 N–H and O–H groups in total. The van der Waals surface area contributed by atoms with E-state index >= 15 is 0 Å². The van der Waals surface area contributed by atoms with Gasteiger partial charge >= 0.3 is 0 Å². The first-order valence-electron chi connectivity index (χ1n) is 9.99. The molecule has 0 aliphatic rings. The molecule has 7 heteroatoms. The SMILES string of the molecule is N#Cc1cc(C#N)cc(Oc2cc(CC(=O)Nc3ccccc3-n3cccc3)ccc2Cl)c1. The molecule has 1 aromatic heterocycles. The first kappa shape index (κ1) is 21.7. The second kappa shape index (κ2) is 9.74. The molecule has 0 fully saturated rings. The molecule has 0 aliphatic heterocycles. The minimum Gasteiger partial charge on any atom is -0.456 e. The van der Waals surface area contributed by atoms with Gasteiger partial charge in [0.15, 0.2) is 0 Å². The number of aromatic nitrogens is 1. The molecule has 6 nitrogen and oxygen atoms in total. The highest BCUT2D eigenvalue weighted by atomic mass is 35.5. The van der Waals surface area contributed by atoms with Crippen molar-refractivity contribution in [3.63, 3.8) is 0 Å². The van der Waals surface area contributed by atoms with Crippen molar-refractivity contribution in [2.24, 2.45) is 0 Å². The van der Waals surface area contributed by atoms with E-state index in [1.54, 1.807) is 18.2 Å². The molecule has 0 bridgehead atoms. The Kier molecular flexibility index (Phi) is 6.40. The van der Waals surface area contributed by atoms with Gasteiger partial charge in [0, 0.05) is 12.4 Å². The average Bonchev–Trinajstić information content (AvgIpc) is 3.36. The number of carbonyl (C=O) groups is 1. The highest BCUT2D eigenvalue weighted by molar-refractivity contribution is 6.32. The monoisotopic (exact) mass is 452 g/mol. The third kappa shape index (κ3) is 5.22. The Hall–Kier alpha value is -4.52. The van der Waals surface area contributed by atoms with Gasteiger partial charge in [0.25, 0.3) is 0 Å². The number of nitrogens with one attached hydrogen (secondary N) is 1. The number of hydrogen-bond donors (Lipinski definition) is 1. The zero-order chi connectivity index (χ0) is 23.2. The summed E-state index contributed by atoms with van der Waals surface area (Å²) in [6, 6.07) is 25.0. The quantitative estimate of drug-likeness (QED) is 0.397. The van der Waals surface area contributed by atoms with Gasteiger partial charge < -0.3 is 14.6 Å². The van der Waals surface area contributed by atoms with Crippen LogP contribution >= 0.6 is 11.6 Å². The second-order valence-corrected chi connectivity index (χ2v) is 7.58. The number of nitrogens with zero attached hydrogens (tertiary/aromatic N) is 3. The van der Waals surface area contributed by atoms with Crippen molar-refractivity contribution in [3.05, 3.63) is 107 Å². The Labute approximate surface area is 195 Å². The number of carbonyl (C=O) groups excluding carboxylic acids is 1. The zero-order valence-electron chi connectivity index (χ0n) is 17.3. The van der Waals surface area contributed by atoms with Gasteiger partial charge in [-0.05, 0) is 60.2 Å². The van der Waals surface area contributed by atoms with Gasteiger partial charge in [-0.25, -0.2) is 0 Å². The van der Waals surface area contributed by atoms with Crippen molar-refractivity contribution in [2.45, 2.75) is 6.42 Å². The minimum atomic E-state index is -0.193. The van der Waals surface area contributed by atoms with E-state index in [4.69, 9.17) is 26.9 Å². The lowest BCUT2D eigenvalue weighted by atomic mass is 10.1. The van der Waals surface area contributed by atoms with Crippen LogP contribution in [-0.4, -0.2) is 10.5 Å². The van der Waals surface area contributed by atoms with Crippen LogP contribution in [0.4, 0.5) is 5.69 Å². The maximum atomic E-state index is 12.8. The van der Waals surface area contributed by atoms with Crippen LogP contribution in [0.1, 0.15) is 16.7 Å². The van der Waals surface area contributed by atoms with Gasteiger partial charge in [-0.15, -0.1) is 0 Å². The van der Waals surface area contributed by atoms with E-state index in [1.165, 1.54) is 18.2 Å². The van der Waals surface area contributed by atoms with Crippen molar-refractivity contribution < 1.29 is 9.53 Å². The molecule has 3 aromatic carbocycles. The summed E-state index contributed by atoms with van der Waals surface area (Å²) in [6.45, 7) is 0. The molecule has 0 saturated heterocycles. The van der Waals surface area contributed by atoms with Gasteiger partial charge in [-0.1, -0.05) is 29.8 Å². The fourth-order valence-electron chi connectivity index (χ4n) is 3.33. The lowest BCUT2D eigenvalue weighted by molar-refractivity contribution is -0.115. The molecule has 160 valence electrons. The lowest BCUT2D eigenvalue weighted by Crippen LogP contribution is -2.15. The maximum Gasteiger partial charge on any atom is 0.228 e. The largest absolute Gasteiger partial charge is 0.456 e. The van der Waals surface area contributed by atoms with Crippen molar-refractivity contribution in [2.75, 3.05) is 5.32 Å². The molecule has 0 aliphatic carbocycles. The number of benzene rings is 3.